The Morgan fingerprint density at radius 3 is 2.62 bits per heavy atom. The molecule has 2 aromatic rings. The summed E-state index contributed by atoms with van der Waals surface area (Å²) in [6.45, 7) is 1.88. The number of allylic oxidation sites excluding steroid dienone is 2. The zero-order valence-electron chi connectivity index (χ0n) is 14.4. The van der Waals surface area contributed by atoms with E-state index in [4.69, 9.17) is 4.74 Å². The first-order valence-electron chi connectivity index (χ1n) is 8.42. The Balaban J connectivity index is 1.70. The molecule has 6 heteroatoms. The van der Waals surface area contributed by atoms with Gasteiger partial charge in [0.2, 0.25) is 5.91 Å². The minimum Gasteiger partial charge on any atom is -0.481 e. The first kappa shape index (κ1) is 17.7. The molecule has 1 aromatic heterocycles. The van der Waals surface area contributed by atoms with Crippen LogP contribution in [0.15, 0.2) is 54.9 Å². The van der Waals surface area contributed by atoms with E-state index in [1.807, 2.05) is 25.1 Å². The molecule has 2 atom stereocenters. The number of benzene rings is 1. The molecule has 134 valence electrons. The maximum Gasteiger partial charge on any atom is 0.307 e. The molecule has 0 saturated heterocycles. The summed E-state index contributed by atoms with van der Waals surface area (Å²) in [6, 6.07) is 8.91. The van der Waals surface area contributed by atoms with E-state index in [1.54, 1.807) is 36.7 Å². The molecular formula is C20H20N2O4. The van der Waals surface area contributed by atoms with Crippen LogP contribution in [0.4, 0.5) is 5.69 Å². The number of carboxylic acid groups (broad SMARTS) is 1. The van der Waals surface area contributed by atoms with Crippen molar-refractivity contribution >= 4 is 17.6 Å². The normalized spacial score (nSPS) is 19.0. The largest absolute Gasteiger partial charge is 0.481 e. The lowest BCUT2D eigenvalue weighted by molar-refractivity contribution is -0.146. The Labute approximate surface area is 151 Å². The number of nitrogens with one attached hydrogen (secondary N) is 1. The fourth-order valence-corrected chi connectivity index (χ4v) is 2.99. The fourth-order valence-electron chi connectivity index (χ4n) is 2.99. The number of aliphatic carboxylic acids is 1. The number of nitrogens with zero attached hydrogens (tertiary/aromatic N) is 1. The van der Waals surface area contributed by atoms with Crippen LogP contribution in [0.5, 0.6) is 11.5 Å². The summed E-state index contributed by atoms with van der Waals surface area (Å²) in [5.74, 6) is -1.17. The number of aryl methyl sites for hydroxylation is 1. The van der Waals surface area contributed by atoms with E-state index in [-0.39, 0.29) is 5.91 Å². The SMILES string of the molecule is Cc1cc(NC(=O)[C@H]2CC=CC[C@@H]2C(=O)O)ccc1Oc1cccnc1. The van der Waals surface area contributed by atoms with Gasteiger partial charge < -0.3 is 15.2 Å². The van der Waals surface area contributed by atoms with Crippen molar-refractivity contribution in [2.24, 2.45) is 11.8 Å². The predicted molar refractivity (Wildman–Crippen MR) is 97.1 cm³/mol. The summed E-state index contributed by atoms with van der Waals surface area (Å²) in [5, 5.41) is 12.1. The molecule has 1 aromatic carbocycles. The Morgan fingerprint density at radius 2 is 1.96 bits per heavy atom. The molecule has 1 amide bonds. The summed E-state index contributed by atoms with van der Waals surface area (Å²) in [7, 11) is 0. The van der Waals surface area contributed by atoms with Gasteiger partial charge in [-0.2, -0.15) is 0 Å². The fraction of sp³-hybridized carbons (Fsp3) is 0.250. The summed E-state index contributed by atoms with van der Waals surface area (Å²) in [5.41, 5.74) is 1.47. The Morgan fingerprint density at radius 1 is 1.19 bits per heavy atom. The molecule has 0 unspecified atom stereocenters. The maximum absolute atomic E-state index is 12.5. The van der Waals surface area contributed by atoms with Gasteiger partial charge in [0, 0.05) is 11.9 Å². The highest BCUT2D eigenvalue weighted by Gasteiger charge is 2.33. The van der Waals surface area contributed by atoms with Crippen LogP contribution < -0.4 is 10.1 Å². The molecule has 1 aliphatic carbocycles. The van der Waals surface area contributed by atoms with E-state index in [1.165, 1.54) is 0 Å². The van der Waals surface area contributed by atoms with Gasteiger partial charge in [0.15, 0.2) is 0 Å². The zero-order chi connectivity index (χ0) is 18.5. The van der Waals surface area contributed by atoms with Gasteiger partial charge in [0.1, 0.15) is 11.5 Å². The molecular weight excluding hydrogens is 332 g/mol. The number of carboxylic acids is 1. The average molecular weight is 352 g/mol. The summed E-state index contributed by atoms with van der Waals surface area (Å²) < 4.78 is 5.77. The van der Waals surface area contributed by atoms with Crippen LogP contribution in [0.3, 0.4) is 0 Å². The van der Waals surface area contributed by atoms with Crippen LogP contribution in [0, 0.1) is 18.8 Å². The number of carbonyl (C=O) groups is 2. The molecule has 2 N–H and O–H groups in total. The molecule has 6 nitrogen and oxygen atoms in total. The lowest BCUT2D eigenvalue weighted by atomic mass is 9.82. The number of ether oxygens (including phenoxy) is 1. The van der Waals surface area contributed by atoms with E-state index in [0.717, 1.165) is 5.56 Å². The topological polar surface area (TPSA) is 88.5 Å². The quantitative estimate of drug-likeness (QED) is 0.799. The maximum atomic E-state index is 12.5. The Bertz CT molecular complexity index is 833. The van der Waals surface area contributed by atoms with Gasteiger partial charge in [-0.1, -0.05) is 12.2 Å². The number of carbonyl (C=O) groups excluding carboxylic acids is 1. The summed E-state index contributed by atoms with van der Waals surface area (Å²) in [6.07, 6.45) is 7.78. The monoisotopic (exact) mass is 352 g/mol. The van der Waals surface area contributed by atoms with Crippen molar-refractivity contribution in [3.8, 4) is 11.5 Å². The molecule has 3 rings (SSSR count). The number of rotatable bonds is 5. The molecule has 1 heterocycles. The van der Waals surface area contributed by atoms with Gasteiger partial charge in [-0.05, 0) is 55.7 Å². The second-order valence-corrected chi connectivity index (χ2v) is 6.25. The van der Waals surface area contributed by atoms with Crippen molar-refractivity contribution in [2.45, 2.75) is 19.8 Å². The van der Waals surface area contributed by atoms with Crippen LogP contribution in [-0.4, -0.2) is 22.0 Å². The highest BCUT2D eigenvalue weighted by Crippen LogP contribution is 2.29. The molecule has 0 saturated carbocycles. The number of pyridine rings is 1. The van der Waals surface area contributed by atoms with E-state index >= 15 is 0 Å². The molecule has 0 fully saturated rings. The van der Waals surface area contributed by atoms with Crippen molar-refractivity contribution in [3.05, 3.63) is 60.4 Å². The first-order chi connectivity index (χ1) is 12.5. The molecule has 0 bridgehead atoms. The third-order valence-electron chi connectivity index (χ3n) is 4.39. The van der Waals surface area contributed by atoms with E-state index in [9.17, 15) is 14.7 Å². The number of hydrogen-bond acceptors (Lipinski definition) is 4. The smallest absolute Gasteiger partial charge is 0.307 e. The van der Waals surface area contributed by atoms with Gasteiger partial charge in [-0.15, -0.1) is 0 Å². The number of aromatic nitrogens is 1. The molecule has 1 aliphatic rings. The minimum atomic E-state index is -0.939. The van der Waals surface area contributed by atoms with Crippen molar-refractivity contribution in [1.29, 1.82) is 0 Å². The molecule has 0 spiro atoms. The highest BCUT2D eigenvalue weighted by molar-refractivity contribution is 5.95. The van der Waals surface area contributed by atoms with E-state index in [2.05, 4.69) is 10.3 Å². The van der Waals surface area contributed by atoms with Crippen molar-refractivity contribution in [2.75, 3.05) is 5.32 Å². The van der Waals surface area contributed by atoms with E-state index < -0.39 is 17.8 Å². The van der Waals surface area contributed by atoms with Crippen LogP contribution >= 0.6 is 0 Å². The lowest BCUT2D eigenvalue weighted by Gasteiger charge is -2.24. The number of anilines is 1. The third-order valence-corrected chi connectivity index (χ3v) is 4.39. The molecule has 0 aliphatic heterocycles. The molecule has 0 radical (unpaired) electrons. The average Bonchev–Trinajstić information content (AvgIpc) is 2.65. The zero-order valence-corrected chi connectivity index (χ0v) is 14.4. The second-order valence-electron chi connectivity index (χ2n) is 6.25. The van der Waals surface area contributed by atoms with Crippen molar-refractivity contribution in [3.63, 3.8) is 0 Å². The number of amides is 1. The predicted octanol–water partition coefficient (Wildman–Crippen LogP) is 3.79. The third kappa shape index (κ3) is 4.08. The van der Waals surface area contributed by atoms with Gasteiger partial charge in [-0.25, -0.2) is 0 Å². The summed E-state index contributed by atoms with van der Waals surface area (Å²) >= 11 is 0. The van der Waals surface area contributed by atoms with Crippen molar-refractivity contribution in [1.82, 2.24) is 4.98 Å². The molecule has 26 heavy (non-hydrogen) atoms. The highest BCUT2D eigenvalue weighted by atomic mass is 16.5. The van der Waals surface area contributed by atoms with Crippen LogP contribution in [0.1, 0.15) is 18.4 Å². The lowest BCUT2D eigenvalue weighted by Crippen LogP contribution is -2.34. The second kappa shape index (κ2) is 7.82. The first-order valence-corrected chi connectivity index (χ1v) is 8.42. The van der Waals surface area contributed by atoms with Gasteiger partial charge in [-0.3, -0.25) is 14.6 Å². The van der Waals surface area contributed by atoms with Crippen molar-refractivity contribution < 1.29 is 19.4 Å². The van der Waals surface area contributed by atoms with Gasteiger partial charge in [0.05, 0.1) is 18.0 Å². The van der Waals surface area contributed by atoms with Gasteiger partial charge >= 0.3 is 5.97 Å². The van der Waals surface area contributed by atoms with Crippen LogP contribution in [0.2, 0.25) is 0 Å². The van der Waals surface area contributed by atoms with Crippen LogP contribution in [-0.2, 0) is 9.59 Å². The van der Waals surface area contributed by atoms with Crippen LogP contribution in [0.25, 0.3) is 0 Å². The minimum absolute atomic E-state index is 0.276. The number of hydrogen-bond donors (Lipinski definition) is 2. The Kier molecular flexibility index (Phi) is 5.31. The standard InChI is InChI=1S/C20H20N2O4/c1-13-11-14(8-9-18(13)26-15-5-4-10-21-12-15)22-19(23)16-6-2-3-7-17(16)20(24)25/h2-5,8-12,16-17H,6-7H2,1H3,(H,22,23)(H,24,25)/t16-,17-/m0/s1. The van der Waals surface area contributed by atoms with E-state index in [0.29, 0.717) is 30.0 Å². The summed E-state index contributed by atoms with van der Waals surface area (Å²) in [4.78, 5) is 27.9. The van der Waals surface area contributed by atoms with Gasteiger partial charge in [0.25, 0.3) is 0 Å². The Hall–Kier alpha value is -3.15.